The monoisotopic (exact) mass is 262 g/mol. The summed E-state index contributed by atoms with van der Waals surface area (Å²) in [5.74, 6) is 0. The Balaban J connectivity index is 4.60. The van der Waals surface area contributed by atoms with Gasteiger partial charge in [-0.15, -0.1) is 0 Å². The van der Waals surface area contributed by atoms with Crippen LogP contribution in [0.5, 0.6) is 0 Å². The lowest BCUT2D eigenvalue weighted by molar-refractivity contribution is 0.398. The molecule has 0 amide bonds. The molecule has 6 nitrogen and oxygen atoms in total. The van der Waals surface area contributed by atoms with E-state index in [1.807, 2.05) is 0 Å². The SMILES string of the molecule is CC(C)NP(O)(=S)OS(=O)(=O)N(C)C. The lowest BCUT2D eigenvalue weighted by Gasteiger charge is -2.20. The minimum atomic E-state index is -3.94. The lowest BCUT2D eigenvalue weighted by Crippen LogP contribution is -2.28. The van der Waals surface area contributed by atoms with Gasteiger partial charge in [-0.25, -0.2) is 5.09 Å². The molecule has 0 saturated carbocycles. The highest BCUT2D eigenvalue weighted by Crippen LogP contribution is 2.40. The van der Waals surface area contributed by atoms with E-state index < -0.39 is 16.9 Å². The lowest BCUT2D eigenvalue weighted by atomic mass is 10.4. The Hall–Kier alpha value is 0.440. The number of hydrogen-bond donors (Lipinski definition) is 2. The zero-order chi connectivity index (χ0) is 11.6. The van der Waals surface area contributed by atoms with Gasteiger partial charge in [-0.2, -0.15) is 16.7 Å². The molecule has 1 atom stereocenters. The van der Waals surface area contributed by atoms with Gasteiger partial charge in [0.1, 0.15) is 0 Å². The summed E-state index contributed by atoms with van der Waals surface area (Å²) in [6.45, 7) is -0.0201. The molecule has 14 heavy (non-hydrogen) atoms. The van der Waals surface area contributed by atoms with Crippen LogP contribution < -0.4 is 5.09 Å². The van der Waals surface area contributed by atoms with E-state index >= 15 is 0 Å². The van der Waals surface area contributed by atoms with E-state index in [0.717, 1.165) is 4.31 Å². The van der Waals surface area contributed by atoms with Crippen LogP contribution in [-0.4, -0.2) is 37.8 Å². The van der Waals surface area contributed by atoms with Crippen LogP contribution in [0.15, 0.2) is 0 Å². The second kappa shape index (κ2) is 4.98. The fourth-order valence-electron chi connectivity index (χ4n) is 0.542. The quantitative estimate of drug-likeness (QED) is 0.680. The zero-order valence-corrected chi connectivity index (χ0v) is 11.0. The van der Waals surface area contributed by atoms with Crippen molar-refractivity contribution in [2.45, 2.75) is 19.9 Å². The van der Waals surface area contributed by atoms with Gasteiger partial charge in [-0.1, -0.05) is 0 Å². The van der Waals surface area contributed by atoms with Crippen LogP contribution in [0.3, 0.4) is 0 Å². The van der Waals surface area contributed by atoms with E-state index in [-0.39, 0.29) is 6.04 Å². The Morgan fingerprint density at radius 3 is 2.21 bits per heavy atom. The Morgan fingerprint density at radius 2 is 1.93 bits per heavy atom. The van der Waals surface area contributed by atoms with E-state index in [1.165, 1.54) is 14.1 Å². The van der Waals surface area contributed by atoms with Gasteiger partial charge >= 0.3 is 10.3 Å². The summed E-state index contributed by atoms with van der Waals surface area (Å²) in [5, 5.41) is 2.48. The molecule has 0 aliphatic carbocycles. The van der Waals surface area contributed by atoms with Crippen molar-refractivity contribution in [3.05, 3.63) is 0 Å². The fourth-order valence-corrected chi connectivity index (χ4v) is 4.25. The van der Waals surface area contributed by atoms with Crippen molar-refractivity contribution in [3.8, 4) is 0 Å². The third kappa shape index (κ3) is 5.35. The molecule has 2 N–H and O–H groups in total. The number of nitrogens with one attached hydrogen (secondary N) is 1. The van der Waals surface area contributed by atoms with Gasteiger partial charge in [-0.3, -0.25) is 0 Å². The molecule has 86 valence electrons. The average Bonchev–Trinajstić information content (AvgIpc) is 1.79. The first kappa shape index (κ1) is 14.4. The summed E-state index contributed by atoms with van der Waals surface area (Å²) in [6, 6.07) is -0.150. The Labute approximate surface area is 89.7 Å². The summed E-state index contributed by atoms with van der Waals surface area (Å²) in [6.07, 6.45) is 0. The van der Waals surface area contributed by atoms with E-state index in [4.69, 9.17) is 0 Å². The maximum Gasteiger partial charge on any atom is 0.344 e. The molecule has 0 aliphatic rings. The minimum absolute atomic E-state index is 0.150. The summed E-state index contributed by atoms with van der Waals surface area (Å²) < 4.78 is 27.7. The highest BCUT2D eigenvalue weighted by Gasteiger charge is 2.26. The van der Waals surface area contributed by atoms with Crippen LogP contribution in [-0.2, 0) is 26.1 Å². The largest absolute Gasteiger partial charge is 0.344 e. The van der Waals surface area contributed by atoms with E-state index in [9.17, 15) is 13.3 Å². The second-order valence-electron chi connectivity index (χ2n) is 3.12. The van der Waals surface area contributed by atoms with Crippen LogP contribution >= 0.6 is 6.64 Å². The molecule has 9 heteroatoms. The van der Waals surface area contributed by atoms with Crippen molar-refractivity contribution in [1.29, 1.82) is 0 Å². The van der Waals surface area contributed by atoms with Crippen LogP contribution in [0.1, 0.15) is 13.8 Å². The number of rotatable bonds is 5. The van der Waals surface area contributed by atoms with Gasteiger partial charge in [0.2, 0.25) is 0 Å². The standard InChI is InChI=1S/C5H15N2O4PS2/c1-5(2)6-12(8,13)11-14(9,10)7(3)4/h5H,1-4H3,(H2,6,8,13). The van der Waals surface area contributed by atoms with Crippen LogP contribution in [0, 0.1) is 0 Å². The summed E-state index contributed by atoms with van der Waals surface area (Å²) in [7, 11) is -1.35. The van der Waals surface area contributed by atoms with Gasteiger partial charge in [0.25, 0.3) is 6.64 Å². The molecule has 0 radical (unpaired) electrons. The van der Waals surface area contributed by atoms with Crippen LogP contribution in [0.4, 0.5) is 0 Å². The van der Waals surface area contributed by atoms with E-state index in [0.29, 0.717) is 0 Å². The average molecular weight is 262 g/mol. The third-order valence-electron chi connectivity index (χ3n) is 1.06. The molecule has 0 aliphatic heterocycles. The van der Waals surface area contributed by atoms with Crippen molar-refractivity contribution in [3.63, 3.8) is 0 Å². The summed E-state index contributed by atoms with van der Waals surface area (Å²) in [5.41, 5.74) is 0. The number of hydrogen-bond acceptors (Lipinski definition) is 4. The van der Waals surface area contributed by atoms with Crippen molar-refractivity contribution < 1.29 is 17.3 Å². The molecule has 0 aromatic heterocycles. The molecule has 0 fully saturated rings. The predicted octanol–water partition coefficient (Wildman–Crippen LogP) is 0.0242. The van der Waals surface area contributed by atoms with Crippen LogP contribution in [0.2, 0.25) is 0 Å². The van der Waals surface area contributed by atoms with Gasteiger partial charge in [0, 0.05) is 20.1 Å². The van der Waals surface area contributed by atoms with Crippen molar-refractivity contribution in [1.82, 2.24) is 9.39 Å². The predicted molar refractivity (Wildman–Crippen MR) is 58.5 cm³/mol. The number of nitrogens with zero attached hydrogens (tertiary/aromatic N) is 1. The van der Waals surface area contributed by atoms with Crippen molar-refractivity contribution >= 4 is 28.8 Å². The molecule has 0 saturated heterocycles. The molecule has 0 spiro atoms. The summed E-state index contributed by atoms with van der Waals surface area (Å²) in [4.78, 5) is 9.46. The molecule has 0 rings (SSSR count). The smallest absolute Gasteiger partial charge is 0.333 e. The first-order chi connectivity index (χ1) is 6.07. The molecule has 0 heterocycles. The van der Waals surface area contributed by atoms with Crippen LogP contribution in [0.25, 0.3) is 0 Å². The first-order valence-corrected chi connectivity index (χ1v) is 7.85. The van der Waals surface area contributed by atoms with E-state index in [2.05, 4.69) is 20.9 Å². The van der Waals surface area contributed by atoms with Crippen molar-refractivity contribution in [2.24, 2.45) is 0 Å². The molecule has 1 unspecified atom stereocenters. The molecule has 0 aromatic rings. The topological polar surface area (TPSA) is 78.9 Å². The molecular formula is C5H15N2O4PS2. The normalized spacial score (nSPS) is 17.4. The van der Waals surface area contributed by atoms with Gasteiger partial charge < -0.3 is 4.89 Å². The first-order valence-electron chi connectivity index (χ1n) is 3.81. The molecule has 0 aromatic carbocycles. The maximum absolute atomic E-state index is 11.2. The summed E-state index contributed by atoms with van der Waals surface area (Å²) >= 11 is 4.61. The maximum atomic E-state index is 11.2. The minimum Gasteiger partial charge on any atom is -0.333 e. The van der Waals surface area contributed by atoms with E-state index in [1.54, 1.807) is 13.8 Å². The van der Waals surface area contributed by atoms with Crippen molar-refractivity contribution in [2.75, 3.05) is 14.1 Å². The third-order valence-corrected chi connectivity index (χ3v) is 5.23. The highest BCUT2D eigenvalue weighted by molar-refractivity contribution is 8.11. The van der Waals surface area contributed by atoms with Gasteiger partial charge in [0.05, 0.1) is 0 Å². The zero-order valence-electron chi connectivity index (χ0n) is 8.46. The van der Waals surface area contributed by atoms with Gasteiger partial charge in [-0.05, 0) is 25.7 Å². The highest BCUT2D eigenvalue weighted by atomic mass is 32.5. The Bertz CT molecular complexity index is 327. The Kier molecular flexibility index (Phi) is 5.13. The fraction of sp³-hybridized carbons (Fsp3) is 1.00. The van der Waals surface area contributed by atoms with Gasteiger partial charge in [0.15, 0.2) is 0 Å². The molecular weight excluding hydrogens is 247 g/mol. The Morgan fingerprint density at radius 1 is 1.50 bits per heavy atom. The molecule has 0 bridgehead atoms. The second-order valence-corrected chi connectivity index (χ2v) is 8.08.